The van der Waals surface area contributed by atoms with Crippen molar-refractivity contribution in [1.82, 2.24) is 15.2 Å². The van der Waals surface area contributed by atoms with Crippen LogP contribution in [0.4, 0.5) is 0 Å². The Bertz CT molecular complexity index is 346. The van der Waals surface area contributed by atoms with Crippen LogP contribution < -0.4 is 10.6 Å². The molecule has 1 heterocycles. The van der Waals surface area contributed by atoms with Crippen LogP contribution in [0.2, 0.25) is 0 Å². The molecule has 0 aliphatic heterocycles. The molecule has 2 N–H and O–H groups in total. The Morgan fingerprint density at radius 1 is 1.53 bits per heavy atom. The third-order valence-electron chi connectivity index (χ3n) is 2.89. The van der Waals surface area contributed by atoms with E-state index in [-0.39, 0.29) is 5.91 Å². The van der Waals surface area contributed by atoms with E-state index >= 15 is 0 Å². The molecule has 4 nitrogen and oxygen atoms in total. The predicted molar refractivity (Wildman–Crippen MR) is 69.8 cm³/mol. The smallest absolute Gasteiger partial charge is 0.239 e. The van der Waals surface area contributed by atoms with Gasteiger partial charge in [-0.2, -0.15) is 0 Å². The molecule has 0 aliphatic carbocycles. The fraction of sp³-hybridized carbons (Fsp3) is 0.615. The van der Waals surface area contributed by atoms with Gasteiger partial charge in [-0.25, -0.2) is 0 Å². The standard InChI is InChI=1S/C13H23N3O/c1-4-5-7-15-13(17)10-16-8-6-12(9-16)11(2)14-3/h6,8-9,11,14H,4-5,7,10H2,1-3H3,(H,15,17). The summed E-state index contributed by atoms with van der Waals surface area (Å²) in [5.74, 6) is 0.0812. The van der Waals surface area contributed by atoms with E-state index in [0.29, 0.717) is 12.6 Å². The normalized spacial score (nSPS) is 12.4. The Labute approximate surface area is 103 Å². The minimum absolute atomic E-state index is 0.0812. The van der Waals surface area contributed by atoms with Gasteiger partial charge in [0.2, 0.25) is 5.91 Å². The first-order chi connectivity index (χ1) is 8.17. The van der Waals surface area contributed by atoms with Crippen molar-refractivity contribution >= 4 is 5.91 Å². The van der Waals surface area contributed by atoms with Gasteiger partial charge in [-0.05, 0) is 32.0 Å². The molecular formula is C13H23N3O. The Hall–Kier alpha value is -1.29. The second-order valence-electron chi connectivity index (χ2n) is 4.33. The minimum atomic E-state index is 0.0812. The fourth-order valence-corrected chi connectivity index (χ4v) is 1.61. The summed E-state index contributed by atoms with van der Waals surface area (Å²) in [6, 6.07) is 2.36. The van der Waals surface area contributed by atoms with Crippen LogP contribution in [0.15, 0.2) is 18.5 Å². The number of amides is 1. The van der Waals surface area contributed by atoms with Crippen LogP contribution in [0.3, 0.4) is 0 Å². The average molecular weight is 237 g/mol. The van der Waals surface area contributed by atoms with Gasteiger partial charge in [-0.15, -0.1) is 0 Å². The number of rotatable bonds is 7. The van der Waals surface area contributed by atoms with Crippen molar-refractivity contribution in [2.75, 3.05) is 13.6 Å². The molecule has 0 aliphatic rings. The maximum absolute atomic E-state index is 11.6. The molecule has 1 aromatic heterocycles. The number of carbonyl (C=O) groups excluding carboxylic acids is 1. The first-order valence-electron chi connectivity index (χ1n) is 6.27. The molecule has 1 unspecified atom stereocenters. The quantitative estimate of drug-likeness (QED) is 0.709. The van der Waals surface area contributed by atoms with E-state index in [1.54, 1.807) is 0 Å². The SMILES string of the molecule is CCCCNC(=O)Cn1ccc(C(C)NC)c1. The lowest BCUT2D eigenvalue weighted by atomic mass is 10.2. The summed E-state index contributed by atoms with van der Waals surface area (Å²) in [5.41, 5.74) is 1.20. The van der Waals surface area contributed by atoms with Gasteiger partial charge in [0.25, 0.3) is 0 Å². The zero-order chi connectivity index (χ0) is 12.7. The highest BCUT2D eigenvalue weighted by Crippen LogP contribution is 2.11. The van der Waals surface area contributed by atoms with Crippen molar-refractivity contribution in [3.63, 3.8) is 0 Å². The average Bonchev–Trinajstić information content (AvgIpc) is 2.77. The highest BCUT2D eigenvalue weighted by Gasteiger charge is 2.06. The van der Waals surface area contributed by atoms with E-state index in [1.807, 2.05) is 30.1 Å². The molecule has 0 saturated carbocycles. The largest absolute Gasteiger partial charge is 0.355 e. The van der Waals surface area contributed by atoms with Gasteiger partial charge in [0.15, 0.2) is 0 Å². The Balaban J connectivity index is 2.40. The number of unbranched alkanes of at least 4 members (excludes halogenated alkanes) is 1. The molecule has 1 atom stereocenters. The molecule has 1 aromatic rings. The van der Waals surface area contributed by atoms with E-state index in [9.17, 15) is 4.79 Å². The Morgan fingerprint density at radius 2 is 2.29 bits per heavy atom. The topological polar surface area (TPSA) is 46.1 Å². The molecule has 4 heteroatoms. The predicted octanol–water partition coefficient (Wildman–Crippen LogP) is 1.68. The van der Waals surface area contributed by atoms with Gasteiger partial charge in [-0.1, -0.05) is 13.3 Å². The van der Waals surface area contributed by atoms with Crippen molar-refractivity contribution in [1.29, 1.82) is 0 Å². The van der Waals surface area contributed by atoms with Crippen LogP contribution in [-0.4, -0.2) is 24.1 Å². The lowest BCUT2D eigenvalue weighted by molar-refractivity contribution is -0.121. The number of hydrogen-bond acceptors (Lipinski definition) is 2. The van der Waals surface area contributed by atoms with Crippen molar-refractivity contribution in [2.24, 2.45) is 0 Å². The van der Waals surface area contributed by atoms with Crippen LogP contribution in [-0.2, 0) is 11.3 Å². The molecule has 1 amide bonds. The van der Waals surface area contributed by atoms with Crippen LogP contribution in [0.5, 0.6) is 0 Å². The van der Waals surface area contributed by atoms with E-state index in [4.69, 9.17) is 0 Å². The molecule has 0 bridgehead atoms. The lowest BCUT2D eigenvalue weighted by Gasteiger charge is -2.07. The maximum Gasteiger partial charge on any atom is 0.239 e. The molecule has 0 spiro atoms. The van der Waals surface area contributed by atoms with Gasteiger partial charge >= 0.3 is 0 Å². The van der Waals surface area contributed by atoms with E-state index in [2.05, 4.69) is 24.5 Å². The van der Waals surface area contributed by atoms with Gasteiger partial charge in [-0.3, -0.25) is 4.79 Å². The third-order valence-corrected chi connectivity index (χ3v) is 2.89. The number of carbonyl (C=O) groups is 1. The number of hydrogen-bond donors (Lipinski definition) is 2. The number of aromatic nitrogens is 1. The summed E-state index contributed by atoms with van der Waals surface area (Å²) in [7, 11) is 1.93. The molecule has 0 saturated heterocycles. The van der Waals surface area contributed by atoms with Crippen molar-refractivity contribution in [2.45, 2.75) is 39.3 Å². The summed E-state index contributed by atoms with van der Waals surface area (Å²) >= 11 is 0. The second-order valence-corrected chi connectivity index (χ2v) is 4.33. The summed E-state index contributed by atoms with van der Waals surface area (Å²) in [6.45, 7) is 5.39. The summed E-state index contributed by atoms with van der Waals surface area (Å²) < 4.78 is 1.92. The fourth-order valence-electron chi connectivity index (χ4n) is 1.61. The maximum atomic E-state index is 11.6. The van der Waals surface area contributed by atoms with Crippen LogP contribution in [0.1, 0.15) is 38.3 Å². The zero-order valence-electron chi connectivity index (χ0n) is 11.0. The molecule has 96 valence electrons. The monoisotopic (exact) mass is 237 g/mol. The Morgan fingerprint density at radius 3 is 2.94 bits per heavy atom. The van der Waals surface area contributed by atoms with E-state index in [0.717, 1.165) is 19.4 Å². The van der Waals surface area contributed by atoms with Crippen molar-refractivity contribution in [3.8, 4) is 0 Å². The highest BCUT2D eigenvalue weighted by atomic mass is 16.1. The minimum Gasteiger partial charge on any atom is -0.355 e. The molecule has 17 heavy (non-hydrogen) atoms. The molecule has 1 rings (SSSR count). The molecule has 0 radical (unpaired) electrons. The summed E-state index contributed by atoms with van der Waals surface area (Å²) in [6.07, 6.45) is 6.11. The molecular weight excluding hydrogens is 214 g/mol. The van der Waals surface area contributed by atoms with Crippen LogP contribution in [0, 0.1) is 0 Å². The van der Waals surface area contributed by atoms with Gasteiger partial charge in [0.1, 0.15) is 6.54 Å². The molecule has 0 fully saturated rings. The number of nitrogens with one attached hydrogen (secondary N) is 2. The zero-order valence-corrected chi connectivity index (χ0v) is 11.0. The second kappa shape index (κ2) is 7.12. The summed E-state index contributed by atoms with van der Waals surface area (Å²) in [5, 5.41) is 6.09. The van der Waals surface area contributed by atoms with Gasteiger partial charge in [0.05, 0.1) is 0 Å². The van der Waals surface area contributed by atoms with Crippen molar-refractivity contribution < 1.29 is 4.79 Å². The number of nitrogens with zero attached hydrogens (tertiary/aromatic N) is 1. The van der Waals surface area contributed by atoms with Crippen LogP contribution >= 0.6 is 0 Å². The van der Waals surface area contributed by atoms with Gasteiger partial charge < -0.3 is 15.2 Å². The first-order valence-corrected chi connectivity index (χ1v) is 6.27. The van der Waals surface area contributed by atoms with Crippen LogP contribution in [0.25, 0.3) is 0 Å². The highest BCUT2D eigenvalue weighted by molar-refractivity contribution is 5.75. The Kier molecular flexibility index (Phi) is 5.77. The first kappa shape index (κ1) is 13.8. The third kappa shape index (κ3) is 4.61. The van der Waals surface area contributed by atoms with E-state index in [1.165, 1.54) is 5.56 Å². The lowest BCUT2D eigenvalue weighted by Crippen LogP contribution is -2.27. The van der Waals surface area contributed by atoms with Crippen molar-refractivity contribution in [3.05, 3.63) is 24.0 Å². The van der Waals surface area contributed by atoms with Gasteiger partial charge in [0, 0.05) is 25.0 Å². The van der Waals surface area contributed by atoms with E-state index < -0.39 is 0 Å². The molecule has 0 aromatic carbocycles. The summed E-state index contributed by atoms with van der Waals surface area (Å²) in [4.78, 5) is 11.6.